The molecule has 13 heteroatoms. The lowest BCUT2D eigenvalue weighted by Crippen LogP contribution is -2.44. The third-order valence-electron chi connectivity index (χ3n) is 5.27. The number of hydrazine groups is 1. The second-order valence-electron chi connectivity index (χ2n) is 7.96. The van der Waals surface area contributed by atoms with E-state index in [1.165, 1.54) is 41.3 Å². The maximum absolute atomic E-state index is 12.7. The number of para-hydroxylation sites is 4. The van der Waals surface area contributed by atoms with Gasteiger partial charge in [-0.25, -0.2) is 13.6 Å². The predicted octanol–water partition coefficient (Wildman–Crippen LogP) is 1.29. The van der Waals surface area contributed by atoms with E-state index in [2.05, 4.69) is 10.9 Å². The molecule has 0 aliphatic carbocycles. The van der Waals surface area contributed by atoms with E-state index in [-0.39, 0.29) is 36.0 Å². The van der Waals surface area contributed by atoms with Crippen LogP contribution in [0.25, 0.3) is 0 Å². The number of carboxylic acids is 1. The zero-order chi connectivity index (χ0) is 27.0. The van der Waals surface area contributed by atoms with Gasteiger partial charge in [-0.05, 0) is 48.5 Å². The number of aliphatic carboxylic acids is 1. The number of aromatic hydroxyl groups is 2. The van der Waals surface area contributed by atoms with E-state index in [4.69, 9.17) is 5.14 Å². The number of nitrogens with one attached hydrogen (secondary N) is 2. The predicted molar refractivity (Wildman–Crippen MR) is 138 cm³/mol. The quantitative estimate of drug-likeness (QED) is 0.187. The van der Waals surface area contributed by atoms with Gasteiger partial charge in [-0.15, -0.1) is 0 Å². The molecule has 0 aliphatic heterocycles. The molecule has 0 aliphatic rings. The number of phenolic OH excluding ortho intramolecular Hbond substituents is 2. The van der Waals surface area contributed by atoms with Crippen molar-refractivity contribution in [1.82, 2.24) is 5.43 Å². The number of nitrogens with zero attached hydrogens (tertiary/aromatic N) is 2. The molecule has 0 spiro atoms. The molecule has 0 atom stereocenters. The Morgan fingerprint density at radius 1 is 0.784 bits per heavy atom. The van der Waals surface area contributed by atoms with Gasteiger partial charge in [0, 0.05) is 13.1 Å². The van der Waals surface area contributed by atoms with Gasteiger partial charge in [0.1, 0.15) is 18.0 Å². The van der Waals surface area contributed by atoms with Gasteiger partial charge in [-0.1, -0.05) is 24.3 Å². The maximum Gasteiger partial charge on any atom is 0.323 e. The number of carbonyl (C=O) groups is 2. The van der Waals surface area contributed by atoms with Crippen LogP contribution in [0.1, 0.15) is 0 Å². The molecule has 0 fully saturated rings. The van der Waals surface area contributed by atoms with Gasteiger partial charge in [0.05, 0.1) is 28.5 Å². The van der Waals surface area contributed by atoms with Gasteiger partial charge < -0.3 is 25.1 Å². The van der Waals surface area contributed by atoms with E-state index in [9.17, 15) is 33.3 Å². The number of anilines is 3. The number of rotatable bonds is 12. The second kappa shape index (κ2) is 12.0. The zero-order valence-electron chi connectivity index (χ0n) is 19.6. The van der Waals surface area contributed by atoms with E-state index in [1.807, 2.05) is 0 Å². The summed E-state index contributed by atoms with van der Waals surface area (Å²) in [4.78, 5) is 27.1. The minimum absolute atomic E-state index is 0.0748. The second-order valence-corrected chi connectivity index (χ2v) is 9.52. The highest BCUT2D eigenvalue weighted by Gasteiger charge is 2.19. The van der Waals surface area contributed by atoms with Crippen molar-refractivity contribution in [3.05, 3.63) is 72.8 Å². The highest BCUT2D eigenvalue weighted by molar-refractivity contribution is 7.89. The lowest BCUT2D eigenvalue weighted by Gasteiger charge is -2.30. The Labute approximate surface area is 213 Å². The molecular formula is C24H27N5O7S. The number of nitrogens with two attached hydrogens (primary N) is 1. The van der Waals surface area contributed by atoms with Crippen molar-refractivity contribution in [1.29, 1.82) is 0 Å². The minimum Gasteiger partial charge on any atom is -0.506 e. The average molecular weight is 530 g/mol. The lowest BCUT2D eigenvalue weighted by atomic mass is 10.2. The van der Waals surface area contributed by atoms with Gasteiger partial charge in [0.25, 0.3) is 5.91 Å². The van der Waals surface area contributed by atoms with E-state index >= 15 is 0 Å². The Hall–Kier alpha value is -4.49. The van der Waals surface area contributed by atoms with Crippen molar-refractivity contribution in [2.24, 2.45) is 5.14 Å². The van der Waals surface area contributed by atoms with Crippen LogP contribution in [0.15, 0.2) is 77.7 Å². The summed E-state index contributed by atoms with van der Waals surface area (Å²) in [5.74, 6) is -1.76. The number of phenols is 2. The van der Waals surface area contributed by atoms with Gasteiger partial charge in [0.2, 0.25) is 10.0 Å². The molecule has 0 saturated carbocycles. The van der Waals surface area contributed by atoms with Crippen molar-refractivity contribution in [2.75, 3.05) is 41.4 Å². The Morgan fingerprint density at radius 3 is 1.73 bits per heavy atom. The summed E-state index contributed by atoms with van der Waals surface area (Å²) in [6.07, 6.45) is 0. The summed E-state index contributed by atoms with van der Waals surface area (Å²) >= 11 is 0. The first-order valence-electron chi connectivity index (χ1n) is 11.0. The number of hydrogen-bond acceptors (Lipinski definition) is 9. The van der Waals surface area contributed by atoms with Crippen LogP contribution in [0.3, 0.4) is 0 Å². The first kappa shape index (κ1) is 27.1. The summed E-state index contributed by atoms with van der Waals surface area (Å²) in [5.41, 5.74) is 6.24. The fourth-order valence-corrected chi connectivity index (χ4v) is 4.04. The van der Waals surface area contributed by atoms with Crippen LogP contribution in [-0.4, -0.2) is 61.8 Å². The maximum atomic E-state index is 12.7. The zero-order valence-corrected chi connectivity index (χ0v) is 20.4. The number of carboxylic acid groups (broad SMARTS) is 1. The van der Waals surface area contributed by atoms with Crippen molar-refractivity contribution < 1.29 is 33.3 Å². The summed E-state index contributed by atoms with van der Waals surface area (Å²) in [5, 5.41) is 35.0. The highest BCUT2D eigenvalue weighted by atomic mass is 32.2. The molecule has 0 heterocycles. The highest BCUT2D eigenvalue weighted by Crippen LogP contribution is 2.28. The van der Waals surface area contributed by atoms with Crippen molar-refractivity contribution in [3.63, 3.8) is 0 Å². The number of primary sulfonamides is 1. The average Bonchev–Trinajstić information content (AvgIpc) is 2.85. The van der Waals surface area contributed by atoms with E-state index < -0.39 is 28.4 Å². The van der Waals surface area contributed by atoms with Gasteiger partial charge in [-0.3, -0.25) is 20.4 Å². The van der Waals surface area contributed by atoms with Crippen LogP contribution in [0.5, 0.6) is 11.5 Å². The van der Waals surface area contributed by atoms with Crippen molar-refractivity contribution >= 4 is 39.0 Å². The Morgan fingerprint density at radius 2 is 1.27 bits per heavy atom. The van der Waals surface area contributed by atoms with Crippen LogP contribution in [-0.2, 0) is 19.6 Å². The molecule has 0 saturated heterocycles. The summed E-state index contributed by atoms with van der Waals surface area (Å²) in [7, 11) is -3.85. The van der Waals surface area contributed by atoms with Crippen LogP contribution >= 0.6 is 0 Å². The van der Waals surface area contributed by atoms with Crippen molar-refractivity contribution in [3.8, 4) is 11.5 Å². The van der Waals surface area contributed by atoms with Crippen LogP contribution in [0.4, 0.5) is 17.1 Å². The van der Waals surface area contributed by atoms with Gasteiger partial charge in [-0.2, -0.15) is 0 Å². The van der Waals surface area contributed by atoms with Crippen LogP contribution < -0.4 is 25.8 Å². The standard InChI is InChI=1S/C24H27N5O7S/c25-37(35,36)18-11-9-17(10-12-18)26-27-23(32)15-28(19-5-1-3-7-21(19)30)13-14-29(16-24(33)34)20-6-2-4-8-22(20)31/h1-12,26,30-31H,13-16H2,(H,27,32)(H,33,34)(H2,25,35,36). The molecule has 0 unspecified atom stereocenters. The molecular weight excluding hydrogens is 502 g/mol. The Balaban J connectivity index is 1.73. The van der Waals surface area contributed by atoms with Crippen molar-refractivity contribution in [2.45, 2.75) is 4.90 Å². The van der Waals surface area contributed by atoms with Gasteiger partial charge >= 0.3 is 5.97 Å². The number of sulfonamides is 1. The van der Waals surface area contributed by atoms with E-state index in [0.29, 0.717) is 17.1 Å². The third kappa shape index (κ3) is 7.75. The lowest BCUT2D eigenvalue weighted by molar-refractivity contribution is -0.135. The third-order valence-corrected chi connectivity index (χ3v) is 6.20. The minimum atomic E-state index is -3.85. The molecule has 37 heavy (non-hydrogen) atoms. The first-order valence-corrected chi connectivity index (χ1v) is 12.5. The van der Waals surface area contributed by atoms with Crippen LogP contribution in [0, 0.1) is 0 Å². The topological polar surface area (TPSA) is 186 Å². The molecule has 3 aromatic rings. The smallest absolute Gasteiger partial charge is 0.323 e. The largest absolute Gasteiger partial charge is 0.506 e. The molecule has 3 rings (SSSR count). The number of carbonyl (C=O) groups excluding carboxylic acids is 1. The fraction of sp³-hybridized carbons (Fsp3) is 0.167. The Kier molecular flexibility index (Phi) is 8.77. The monoisotopic (exact) mass is 529 g/mol. The molecule has 7 N–H and O–H groups in total. The number of hydrogen-bond donors (Lipinski definition) is 6. The molecule has 196 valence electrons. The van der Waals surface area contributed by atoms with E-state index in [1.54, 1.807) is 41.3 Å². The fourth-order valence-electron chi connectivity index (χ4n) is 3.52. The number of amides is 1. The van der Waals surface area contributed by atoms with E-state index in [0.717, 1.165) is 0 Å². The molecule has 3 aromatic carbocycles. The summed E-state index contributed by atoms with van der Waals surface area (Å²) < 4.78 is 22.8. The molecule has 0 bridgehead atoms. The molecule has 0 aromatic heterocycles. The first-order chi connectivity index (χ1) is 17.5. The molecule has 12 nitrogen and oxygen atoms in total. The van der Waals surface area contributed by atoms with Crippen LogP contribution in [0.2, 0.25) is 0 Å². The number of benzene rings is 3. The molecule has 1 amide bonds. The van der Waals surface area contributed by atoms with Gasteiger partial charge in [0.15, 0.2) is 0 Å². The normalized spacial score (nSPS) is 10.9. The summed E-state index contributed by atoms with van der Waals surface area (Å²) in [6, 6.07) is 18.1. The molecule has 0 radical (unpaired) electrons. The Bertz CT molecular complexity index is 1350. The SMILES string of the molecule is NS(=O)(=O)c1ccc(NNC(=O)CN(CCN(CC(=O)O)c2ccccc2O)c2ccccc2O)cc1. The summed E-state index contributed by atoms with van der Waals surface area (Å²) in [6.45, 7) is -0.389.